The number of halogens is 1. The van der Waals surface area contributed by atoms with Gasteiger partial charge < -0.3 is 9.67 Å². The molecule has 0 amide bonds. The van der Waals surface area contributed by atoms with Crippen LogP contribution in [0, 0.1) is 0 Å². The molecule has 0 radical (unpaired) electrons. The van der Waals surface area contributed by atoms with Crippen molar-refractivity contribution < 1.29 is 5.11 Å². The molecule has 0 aliphatic carbocycles. The molecule has 0 fully saturated rings. The molecule has 0 saturated heterocycles. The summed E-state index contributed by atoms with van der Waals surface area (Å²) in [6.07, 6.45) is 1.37. The maximum Gasteiger partial charge on any atom is 0.0769 e. The molecule has 1 aromatic heterocycles. The zero-order valence-electron chi connectivity index (χ0n) is 8.16. The second kappa shape index (κ2) is 3.30. The van der Waals surface area contributed by atoms with Crippen LogP contribution in [-0.4, -0.2) is 9.67 Å². The standard InChI is InChI=1S/C11H12ClNO/c1-7(14)8-4-3-5-10-11(8)9(12)6-13(10)2/h3-7,14H,1-2H3. The largest absolute Gasteiger partial charge is 0.389 e. The van der Waals surface area contributed by atoms with Gasteiger partial charge in [-0.2, -0.15) is 0 Å². The van der Waals surface area contributed by atoms with Crippen molar-refractivity contribution in [3.8, 4) is 0 Å². The highest BCUT2D eigenvalue weighted by atomic mass is 35.5. The molecule has 3 heteroatoms. The van der Waals surface area contributed by atoms with Crippen LogP contribution < -0.4 is 0 Å². The van der Waals surface area contributed by atoms with Crippen molar-refractivity contribution in [2.75, 3.05) is 0 Å². The predicted molar refractivity (Wildman–Crippen MR) is 58.6 cm³/mol. The van der Waals surface area contributed by atoms with Crippen molar-refractivity contribution in [2.24, 2.45) is 7.05 Å². The molecule has 0 aliphatic heterocycles. The third-order valence-corrected chi connectivity index (χ3v) is 2.74. The number of aryl methyl sites for hydroxylation is 1. The van der Waals surface area contributed by atoms with Crippen molar-refractivity contribution in [1.82, 2.24) is 4.57 Å². The molecule has 74 valence electrons. The van der Waals surface area contributed by atoms with E-state index in [1.807, 2.05) is 36.0 Å². The van der Waals surface area contributed by atoms with Crippen molar-refractivity contribution >= 4 is 22.5 Å². The lowest BCUT2D eigenvalue weighted by Crippen LogP contribution is -1.92. The van der Waals surface area contributed by atoms with Crippen LogP contribution in [0.25, 0.3) is 10.9 Å². The van der Waals surface area contributed by atoms with Gasteiger partial charge in [-0.05, 0) is 18.6 Å². The average molecular weight is 210 g/mol. The fourth-order valence-electron chi connectivity index (χ4n) is 1.76. The average Bonchev–Trinajstić information content (AvgIpc) is 2.43. The van der Waals surface area contributed by atoms with Crippen molar-refractivity contribution in [3.63, 3.8) is 0 Å². The number of rotatable bonds is 1. The Bertz CT molecular complexity index is 473. The number of aliphatic hydroxyl groups excluding tert-OH is 1. The molecule has 0 spiro atoms. The first-order valence-electron chi connectivity index (χ1n) is 4.52. The number of hydrogen-bond acceptors (Lipinski definition) is 1. The molecule has 1 unspecified atom stereocenters. The van der Waals surface area contributed by atoms with Gasteiger partial charge in [0.2, 0.25) is 0 Å². The van der Waals surface area contributed by atoms with Crippen molar-refractivity contribution in [3.05, 3.63) is 35.0 Å². The Morgan fingerprint density at radius 1 is 1.43 bits per heavy atom. The number of fused-ring (bicyclic) bond motifs is 1. The SMILES string of the molecule is CC(O)c1cccc2c1c(Cl)cn2C. The van der Waals surface area contributed by atoms with Crippen LogP contribution in [-0.2, 0) is 7.05 Å². The molecule has 1 aromatic carbocycles. The van der Waals surface area contributed by atoms with E-state index in [0.717, 1.165) is 16.5 Å². The van der Waals surface area contributed by atoms with Gasteiger partial charge >= 0.3 is 0 Å². The lowest BCUT2D eigenvalue weighted by molar-refractivity contribution is 0.201. The zero-order chi connectivity index (χ0) is 10.3. The molecule has 14 heavy (non-hydrogen) atoms. The maximum absolute atomic E-state index is 9.59. The number of aromatic nitrogens is 1. The molecule has 1 atom stereocenters. The minimum atomic E-state index is -0.487. The zero-order valence-corrected chi connectivity index (χ0v) is 8.92. The van der Waals surface area contributed by atoms with Crippen LogP contribution >= 0.6 is 11.6 Å². The van der Waals surface area contributed by atoms with Crippen LogP contribution in [0.4, 0.5) is 0 Å². The third-order valence-electron chi connectivity index (χ3n) is 2.45. The van der Waals surface area contributed by atoms with E-state index in [1.54, 1.807) is 6.92 Å². The van der Waals surface area contributed by atoms with Gasteiger partial charge in [-0.15, -0.1) is 0 Å². The van der Waals surface area contributed by atoms with E-state index in [9.17, 15) is 5.11 Å². The van der Waals surface area contributed by atoms with E-state index in [-0.39, 0.29) is 0 Å². The molecule has 0 saturated carbocycles. The molecule has 1 heterocycles. The Kier molecular flexibility index (Phi) is 2.25. The number of nitrogens with zero attached hydrogens (tertiary/aromatic N) is 1. The second-order valence-electron chi connectivity index (χ2n) is 3.51. The molecule has 1 N–H and O–H groups in total. The summed E-state index contributed by atoms with van der Waals surface area (Å²) in [5.41, 5.74) is 1.93. The third kappa shape index (κ3) is 1.31. The lowest BCUT2D eigenvalue weighted by atomic mass is 10.1. The first kappa shape index (κ1) is 9.56. The topological polar surface area (TPSA) is 25.2 Å². The molecule has 0 bridgehead atoms. The Morgan fingerprint density at radius 2 is 2.14 bits per heavy atom. The molecule has 2 rings (SSSR count). The van der Waals surface area contributed by atoms with E-state index in [0.29, 0.717) is 5.02 Å². The summed E-state index contributed by atoms with van der Waals surface area (Å²) < 4.78 is 1.96. The van der Waals surface area contributed by atoms with Crippen LogP contribution in [0.15, 0.2) is 24.4 Å². The summed E-state index contributed by atoms with van der Waals surface area (Å²) in [5, 5.41) is 11.2. The summed E-state index contributed by atoms with van der Waals surface area (Å²) in [6.45, 7) is 1.75. The van der Waals surface area contributed by atoms with Gasteiger partial charge in [0.25, 0.3) is 0 Å². The van der Waals surface area contributed by atoms with E-state index in [4.69, 9.17) is 11.6 Å². The number of benzene rings is 1. The lowest BCUT2D eigenvalue weighted by Gasteiger charge is -2.06. The van der Waals surface area contributed by atoms with Crippen molar-refractivity contribution in [1.29, 1.82) is 0 Å². The van der Waals surface area contributed by atoms with Gasteiger partial charge in [0, 0.05) is 24.1 Å². The summed E-state index contributed by atoms with van der Waals surface area (Å²) in [4.78, 5) is 0. The summed E-state index contributed by atoms with van der Waals surface area (Å²) in [7, 11) is 1.94. The van der Waals surface area contributed by atoms with E-state index < -0.39 is 6.10 Å². The van der Waals surface area contributed by atoms with Crippen LogP contribution in [0.2, 0.25) is 5.02 Å². The van der Waals surface area contributed by atoms with E-state index >= 15 is 0 Å². The van der Waals surface area contributed by atoms with Gasteiger partial charge in [0.1, 0.15) is 0 Å². The molecular formula is C11H12ClNO. The Labute approximate surface area is 87.7 Å². The number of hydrogen-bond donors (Lipinski definition) is 1. The van der Waals surface area contributed by atoms with Gasteiger partial charge in [-0.3, -0.25) is 0 Å². The minimum Gasteiger partial charge on any atom is -0.389 e. The van der Waals surface area contributed by atoms with Gasteiger partial charge in [0.05, 0.1) is 11.1 Å². The highest BCUT2D eigenvalue weighted by Gasteiger charge is 2.11. The summed E-state index contributed by atoms with van der Waals surface area (Å²) >= 11 is 6.10. The maximum atomic E-state index is 9.59. The first-order chi connectivity index (χ1) is 6.61. The summed E-state index contributed by atoms with van der Waals surface area (Å²) in [5.74, 6) is 0. The fraction of sp³-hybridized carbons (Fsp3) is 0.273. The Morgan fingerprint density at radius 3 is 2.79 bits per heavy atom. The molecular weight excluding hydrogens is 198 g/mol. The van der Waals surface area contributed by atoms with Crippen LogP contribution in [0.3, 0.4) is 0 Å². The van der Waals surface area contributed by atoms with E-state index in [1.165, 1.54) is 0 Å². The smallest absolute Gasteiger partial charge is 0.0769 e. The van der Waals surface area contributed by atoms with Crippen LogP contribution in [0.5, 0.6) is 0 Å². The second-order valence-corrected chi connectivity index (χ2v) is 3.91. The van der Waals surface area contributed by atoms with Gasteiger partial charge in [0.15, 0.2) is 0 Å². The van der Waals surface area contributed by atoms with Gasteiger partial charge in [-0.1, -0.05) is 23.7 Å². The molecule has 2 aromatic rings. The van der Waals surface area contributed by atoms with Crippen molar-refractivity contribution in [2.45, 2.75) is 13.0 Å². The quantitative estimate of drug-likeness (QED) is 0.768. The van der Waals surface area contributed by atoms with Gasteiger partial charge in [-0.25, -0.2) is 0 Å². The first-order valence-corrected chi connectivity index (χ1v) is 4.90. The summed E-state index contributed by atoms with van der Waals surface area (Å²) in [6, 6.07) is 5.83. The number of aliphatic hydroxyl groups is 1. The predicted octanol–water partition coefficient (Wildman–Crippen LogP) is 2.89. The van der Waals surface area contributed by atoms with E-state index in [2.05, 4.69) is 0 Å². The van der Waals surface area contributed by atoms with Crippen LogP contribution in [0.1, 0.15) is 18.6 Å². The molecule has 2 nitrogen and oxygen atoms in total. The molecule has 0 aliphatic rings. The highest BCUT2D eigenvalue weighted by Crippen LogP contribution is 2.31. The Balaban J connectivity index is 2.85. The highest BCUT2D eigenvalue weighted by molar-refractivity contribution is 6.35. The fourth-order valence-corrected chi connectivity index (χ4v) is 2.12. The minimum absolute atomic E-state index is 0.487. The normalized spacial score (nSPS) is 13.4. The monoisotopic (exact) mass is 209 g/mol. The Hall–Kier alpha value is -0.990.